The molecule has 0 spiro atoms. The van der Waals surface area contributed by atoms with Crippen LogP contribution in [0.4, 0.5) is 0 Å². The molecule has 5 nitrogen and oxygen atoms in total. The van der Waals surface area contributed by atoms with Crippen molar-refractivity contribution in [3.8, 4) is 11.5 Å². The van der Waals surface area contributed by atoms with Crippen molar-refractivity contribution < 1.29 is 14.3 Å². The topological polar surface area (TPSA) is 73.6 Å². The molecule has 0 fully saturated rings. The molecule has 1 atom stereocenters. The Morgan fingerprint density at radius 3 is 2.40 bits per heavy atom. The molecule has 1 amide bonds. The fourth-order valence-electron chi connectivity index (χ4n) is 1.66. The summed E-state index contributed by atoms with van der Waals surface area (Å²) in [5.41, 5.74) is 6.23. The number of carbonyl (C=O) groups is 1. The molecule has 1 aromatic rings. The third-order valence-electron chi connectivity index (χ3n) is 2.59. The van der Waals surface area contributed by atoms with Crippen molar-refractivity contribution in [3.05, 3.63) is 23.8 Å². The van der Waals surface area contributed by atoms with Gasteiger partial charge in [0.25, 0.3) is 5.91 Å². The molecule has 0 aromatic heterocycles. The fourth-order valence-corrected chi connectivity index (χ4v) is 1.66. The Hall–Kier alpha value is -1.75. The monoisotopic (exact) mass is 280 g/mol. The van der Waals surface area contributed by atoms with Crippen molar-refractivity contribution >= 4 is 5.91 Å². The Morgan fingerprint density at radius 2 is 1.90 bits per heavy atom. The molecule has 0 heterocycles. The van der Waals surface area contributed by atoms with Gasteiger partial charge in [-0.05, 0) is 45.4 Å². The van der Waals surface area contributed by atoms with Crippen LogP contribution in [0.1, 0.15) is 33.3 Å². The van der Waals surface area contributed by atoms with Gasteiger partial charge in [-0.1, -0.05) is 0 Å². The lowest BCUT2D eigenvalue weighted by Gasteiger charge is -2.23. The number of hydrogen-bond acceptors (Lipinski definition) is 4. The summed E-state index contributed by atoms with van der Waals surface area (Å²) < 4.78 is 10.8. The zero-order chi connectivity index (χ0) is 15.3. The number of carbonyl (C=O) groups excluding carboxylic acids is 1. The molecule has 0 radical (unpaired) electrons. The molecular weight excluding hydrogens is 256 g/mol. The van der Waals surface area contributed by atoms with E-state index >= 15 is 0 Å². The van der Waals surface area contributed by atoms with Crippen LogP contribution in [-0.2, 0) is 11.3 Å². The van der Waals surface area contributed by atoms with Gasteiger partial charge in [-0.2, -0.15) is 0 Å². The highest BCUT2D eigenvalue weighted by atomic mass is 16.5. The second-order valence-electron chi connectivity index (χ2n) is 5.72. The van der Waals surface area contributed by atoms with E-state index in [1.165, 1.54) is 0 Å². The minimum atomic E-state index is -0.591. The summed E-state index contributed by atoms with van der Waals surface area (Å²) in [7, 11) is 1.58. The van der Waals surface area contributed by atoms with E-state index in [4.69, 9.17) is 15.2 Å². The molecule has 1 rings (SSSR count). The smallest absolute Gasteiger partial charge is 0.261 e. The van der Waals surface area contributed by atoms with Crippen molar-refractivity contribution in [2.75, 3.05) is 7.11 Å². The molecular formula is C15H24N2O3. The number of rotatable bonds is 5. The zero-order valence-electron chi connectivity index (χ0n) is 12.8. The Kier molecular flexibility index (Phi) is 5.39. The van der Waals surface area contributed by atoms with Gasteiger partial charge in [0.05, 0.1) is 7.11 Å². The molecule has 3 N–H and O–H groups in total. The van der Waals surface area contributed by atoms with Crippen LogP contribution in [0.3, 0.4) is 0 Å². The molecule has 0 aliphatic rings. The van der Waals surface area contributed by atoms with E-state index in [2.05, 4.69) is 5.32 Å². The highest BCUT2D eigenvalue weighted by molar-refractivity contribution is 5.81. The SMILES string of the molecule is COc1cc(CN)cc(OC(C)C(=O)NC(C)(C)C)c1. The number of hydrogen-bond donors (Lipinski definition) is 2. The molecule has 0 aliphatic heterocycles. The summed E-state index contributed by atoms with van der Waals surface area (Å²) in [6.45, 7) is 7.87. The van der Waals surface area contributed by atoms with Crippen LogP contribution in [0.15, 0.2) is 18.2 Å². The summed E-state index contributed by atoms with van der Waals surface area (Å²) in [5.74, 6) is 1.07. The highest BCUT2D eigenvalue weighted by Gasteiger charge is 2.20. The van der Waals surface area contributed by atoms with E-state index in [0.29, 0.717) is 18.0 Å². The number of amides is 1. The maximum absolute atomic E-state index is 12.0. The van der Waals surface area contributed by atoms with E-state index in [1.54, 1.807) is 20.1 Å². The van der Waals surface area contributed by atoms with Gasteiger partial charge in [-0.3, -0.25) is 4.79 Å². The first-order valence-corrected chi connectivity index (χ1v) is 6.62. The van der Waals surface area contributed by atoms with Gasteiger partial charge >= 0.3 is 0 Å². The first-order chi connectivity index (χ1) is 9.25. The second-order valence-corrected chi connectivity index (χ2v) is 5.72. The zero-order valence-corrected chi connectivity index (χ0v) is 12.8. The number of nitrogens with two attached hydrogens (primary N) is 1. The van der Waals surface area contributed by atoms with E-state index in [9.17, 15) is 4.79 Å². The van der Waals surface area contributed by atoms with Crippen LogP contribution < -0.4 is 20.5 Å². The van der Waals surface area contributed by atoms with E-state index in [0.717, 1.165) is 5.56 Å². The lowest BCUT2D eigenvalue weighted by atomic mass is 10.1. The van der Waals surface area contributed by atoms with Crippen LogP contribution >= 0.6 is 0 Å². The summed E-state index contributed by atoms with van der Waals surface area (Å²) in [6.07, 6.45) is -0.591. The van der Waals surface area contributed by atoms with E-state index < -0.39 is 6.10 Å². The summed E-state index contributed by atoms with van der Waals surface area (Å²) in [4.78, 5) is 12.0. The lowest BCUT2D eigenvalue weighted by molar-refractivity contribution is -0.128. The third kappa shape index (κ3) is 5.09. The Balaban J connectivity index is 2.79. The first kappa shape index (κ1) is 16.3. The van der Waals surface area contributed by atoms with Gasteiger partial charge in [0.1, 0.15) is 11.5 Å². The standard InChI is InChI=1S/C15H24N2O3/c1-10(14(18)17-15(2,3)4)20-13-7-11(9-16)6-12(8-13)19-5/h6-8,10H,9,16H2,1-5H3,(H,17,18). The number of nitrogens with one attached hydrogen (secondary N) is 1. The van der Waals surface area contributed by atoms with Crippen LogP contribution in [0.25, 0.3) is 0 Å². The summed E-state index contributed by atoms with van der Waals surface area (Å²) in [6, 6.07) is 5.39. The number of ether oxygens (including phenoxy) is 2. The average Bonchev–Trinajstić information content (AvgIpc) is 2.36. The van der Waals surface area contributed by atoms with Crippen molar-refractivity contribution in [1.29, 1.82) is 0 Å². The lowest BCUT2D eigenvalue weighted by Crippen LogP contribution is -2.46. The van der Waals surface area contributed by atoms with Crippen LogP contribution in [0.5, 0.6) is 11.5 Å². The molecule has 20 heavy (non-hydrogen) atoms. The average molecular weight is 280 g/mol. The first-order valence-electron chi connectivity index (χ1n) is 6.62. The Labute approximate surface area is 120 Å². The molecule has 0 saturated carbocycles. The molecule has 112 valence electrons. The minimum absolute atomic E-state index is 0.158. The maximum Gasteiger partial charge on any atom is 0.261 e. The van der Waals surface area contributed by atoms with Crippen molar-refractivity contribution in [1.82, 2.24) is 5.32 Å². The van der Waals surface area contributed by atoms with Crippen molar-refractivity contribution in [3.63, 3.8) is 0 Å². The van der Waals surface area contributed by atoms with Gasteiger partial charge in [-0.15, -0.1) is 0 Å². The van der Waals surface area contributed by atoms with Gasteiger partial charge in [0, 0.05) is 18.2 Å². The van der Waals surface area contributed by atoms with Crippen molar-refractivity contribution in [2.24, 2.45) is 5.73 Å². The van der Waals surface area contributed by atoms with E-state index in [1.807, 2.05) is 32.9 Å². The molecule has 0 saturated heterocycles. The van der Waals surface area contributed by atoms with Crippen molar-refractivity contribution in [2.45, 2.75) is 45.9 Å². The molecule has 1 unspecified atom stereocenters. The van der Waals surface area contributed by atoms with Gasteiger partial charge in [0.2, 0.25) is 0 Å². The normalized spacial score (nSPS) is 12.7. The quantitative estimate of drug-likeness (QED) is 0.863. The Morgan fingerprint density at radius 1 is 1.30 bits per heavy atom. The Bertz CT molecular complexity index is 444. The van der Waals surface area contributed by atoms with E-state index in [-0.39, 0.29) is 11.4 Å². The van der Waals surface area contributed by atoms with Crippen LogP contribution in [-0.4, -0.2) is 24.7 Å². The molecule has 5 heteroatoms. The predicted octanol–water partition coefficient (Wildman–Crippen LogP) is 1.84. The van der Waals surface area contributed by atoms with Crippen LogP contribution in [0.2, 0.25) is 0 Å². The number of benzene rings is 1. The summed E-state index contributed by atoms with van der Waals surface area (Å²) >= 11 is 0. The predicted molar refractivity (Wildman–Crippen MR) is 78.9 cm³/mol. The number of methoxy groups -OCH3 is 1. The molecule has 1 aromatic carbocycles. The summed E-state index contributed by atoms with van der Waals surface area (Å²) in [5, 5.41) is 2.88. The van der Waals surface area contributed by atoms with Crippen LogP contribution in [0, 0.1) is 0 Å². The third-order valence-corrected chi connectivity index (χ3v) is 2.59. The van der Waals surface area contributed by atoms with Gasteiger partial charge < -0.3 is 20.5 Å². The minimum Gasteiger partial charge on any atom is -0.497 e. The highest BCUT2D eigenvalue weighted by Crippen LogP contribution is 2.23. The fraction of sp³-hybridized carbons (Fsp3) is 0.533. The van der Waals surface area contributed by atoms with Gasteiger partial charge in [-0.25, -0.2) is 0 Å². The molecule has 0 bridgehead atoms. The largest absolute Gasteiger partial charge is 0.497 e. The second kappa shape index (κ2) is 6.61. The maximum atomic E-state index is 12.0. The molecule has 0 aliphatic carbocycles. The van der Waals surface area contributed by atoms with Gasteiger partial charge in [0.15, 0.2) is 6.10 Å².